The first-order valence-corrected chi connectivity index (χ1v) is 10.3. The van der Waals surface area contributed by atoms with Gasteiger partial charge < -0.3 is 9.84 Å². The van der Waals surface area contributed by atoms with Crippen molar-refractivity contribution in [1.82, 2.24) is 0 Å². The minimum atomic E-state index is -0.168. The second kappa shape index (κ2) is 10.8. The summed E-state index contributed by atoms with van der Waals surface area (Å²) >= 11 is 0. The summed E-state index contributed by atoms with van der Waals surface area (Å²) in [6.07, 6.45) is 18.8. The first-order chi connectivity index (χ1) is 12.2. The van der Waals surface area contributed by atoms with Gasteiger partial charge in [-0.15, -0.1) is 0 Å². The molecular weight excluding hydrogens is 312 g/mol. The molecule has 0 aromatic carbocycles. The maximum Gasteiger partial charge on any atom is 0.305 e. The normalized spacial score (nSPS) is 28.4. The molecule has 0 aromatic rings. The number of carbonyl (C=O) groups is 1. The summed E-state index contributed by atoms with van der Waals surface area (Å²) in [6.45, 7) is 2.24. The number of allylic oxidation sites excluding steroid dienone is 3. The van der Waals surface area contributed by atoms with Gasteiger partial charge in [0, 0.05) is 12.3 Å². The van der Waals surface area contributed by atoms with E-state index in [0.717, 1.165) is 38.5 Å². The lowest BCUT2D eigenvalue weighted by Gasteiger charge is -2.18. The van der Waals surface area contributed by atoms with Crippen LogP contribution in [0.3, 0.4) is 0 Å². The van der Waals surface area contributed by atoms with Gasteiger partial charge in [0.25, 0.3) is 0 Å². The van der Waals surface area contributed by atoms with Gasteiger partial charge in [-0.05, 0) is 56.8 Å². The Kier molecular flexibility index (Phi) is 8.74. The van der Waals surface area contributed by atoms with E-state index in [2.05, 4.69) is 29.9 Å². The number of ether oxygens (including phenoxy) is 1. The number of hydrogen-bond donors (Lipinski definition) is 1. The number of rotatable bonds is 11. The van der Waals surface area contributed by atoms with E-state index in [0.29, 0.717) is 24.2 Å². The molecule has 0 aliphatic heterocycles. The number of aliphatic hydroxyl groups is 1. The lowest BCUT2D eigenvalue weighted by Crippen LogP contribution is -2.17. The van der Waals surface area contributed by atoms with Crippen molar-refractivity contribution in [1.29, 1.82) is 0 Å². The van der Waals surface area contributed by atoms with Crippen LogP contribution in [0.4, 0.5) is 0 Å². The number of carbonyl (C=O) groups excluding carboxylic acids is 1. The highest BCUT2D eigenvalue weighted by Gasteiger charge is 2.42. The number of esters is 1. The van der Waals surface area contributed by atoms with Crippen LogP contribution in [0, 0.1) is 17.8 Å². The number of fused-ring (bicyclic) bond motifs is 1. The quantitative estimate of drug-likeness (QED) is 0.317. The lowest BCUT2D eigenvalue weighted by atomic mass is 9.88. The van der Waals surface area contributed by atoms with Gasteiger partial charge in [0.1, 0.15) is 0 Å². The smallest absolute Gasteiger partial charge is 0.305 e. The average molecular weight is 349 g/mol. The Morgan fingerprint density at radius 2 is 2.12 bits per heavy atom. The molecule has 2 rings (SSSR count). The summed E-state index contributed by atoms with van der Waals surface area (Å²) in [4.78, 5) is 11.2. The third-order valence-electron chi connectivity index (χ3n) is 5.89. The predicted octanol–water partition coefficient (Wildman–Crippen LogP) is 5.19. The van der Waals surface area contributed by atoms with Gasteiger partial charge >= 0.3 is 5.97 Å². The Labute approximate surface area is 153 Å². The molecule has 1 saturated carbocycles. The summed E-state index contributed by atoms with van der Waals surface area (Å²) in [5, 5.41) is 10.4. The monoisotopic (exact) mass is 348 g/mol. The van der Waals surface area contributed by atoms with E-state index in [1.54, 1.807) is 0 Å². The van der Waals surface area contributed by atoms with Crippen LogP contribution in [0.2, 0.25) is 0 Å². The molecule has 0 unspecified atom stereocenters. The molecule has 1 fully saturated rings. The fourth-order valence-electron chi connectivity index (χ4n) is 4.46. The van der Waals surface area contributed by atoms with Gasteiger partial charge in [-0.3, -0.25) is 4.79 Å². The highest BCUT2D eigenvalue weighted by molar-refractivity contribution is 5.68. The molecule has 3 nitrogen and oxygen atoms in total. The minimum Gasteiger partial charge on any atom is -0.469 e. The molecule has 0 spiro atoms. The molecule has 0 aromatic heterocycles. The number of methoxy groups -OCH3 is 1. The van der Waals surface area contributed by atoms with Crippen molar-refractivity contribution in [2.24, 2.45) is 17.8 Å². The van der Waals surface area contributed by atoms with Gasteiger partial charge in [-0.1, -0.05) is 50.0 Å². The maximum absolute atomic E-state index is 11.2. The van der Waals surface area contributed by atoms with E-state index in [9.17, 15) is 9.90 Å². The molecule has 0 saturated heterocycles. The van der Waals surface area contributed by atoms with Crippen LogP contribution in [0.15, 0.2) is 23.8 Å². The second-order valence-corrected chi connectivity index (χ2v) is 7.80. The van der Waals surface area contributed by atoms with E-state index in [-0.39, 0.29) is 12.1 Å². The lowest BCUT2D eigenvalue weighted by molar-refractivity contribution is -0.140. The Morgan fingerprint density at radius 1 is 1.28 bits per heavy atom. The summed E-state index contributed by atoms with van der Waals surface area (Å²) in [7, 11) is 1.45. The SMILES string of the molecule is CCCCCCC=C[C@H]1[C@@H]2CC(CCCCC(=O)OC)=C[C@@H]2C[C@@H]1O. The fourth-order valence-corrected chi connectivity index (χ4v) is 4.46. The van der Waals surface area contributed by atoms with E-state index >= 15 is 0 Å². The first-order valence-electron chi connectivity index (χ1n) is 10.3. The van der Waals surface area contributed by atoms with Gasteiger partial charge in [0.2, 0.25) is 0 Å². The van der Waals surface area contributed by atoms with Gasteiger partial charge in [0.05, 0.1) is 13.2 Å². The molecule has 1 N–H and O–H groups in total. The Hall–Kier alpha value is -1.09. The minimum absolute atomic E-state index is 0.107. The van der Waals surface area contributed by atoms with Gasteiger partial charge in [-0.25, -0.2) is 0 Å². The molecule has 3 heteroatoms. The zero-order chi connectivity index (χ0) is 18.1. The zero-order valence-corrected chi connectivity index (χ0v) is 16.1. The van der Waals surface area contributed by atoms with Crippen LogP contribution in [-0.2, 0) is 9.53 Å². The molecule has 25 heavy (non-hydrogen) atoms. The summed E-state index contributed by atoms with van der Waals surface area (Å²) in [5.74, 6) is 1.38. The van der Waals surface area contributed by atoms with Crippen LogP contribution in [-0.4, -0.2) is 24.3 Å². The Morgan fingerprint density at radius 3 is 2.88 bits per heavy atom. The van der Waals surface area contributed by atoms with Crippen molar-refractivity contribution < 1.29 is 14.6 Å². The van der Waals surface area contributed by atoms with E-state index in [4.69, 9.17) is 0 Å². The van der Waals surface area contributed by atoms with E-state index < -0.39 is 0 Å². The van der Waals surface area contributed by atoms with Crippen molar-refractivity contribution in [2.75, 3.05) is 7.11 Å². The number of hydrogen-bond acceptors (Lipinski definition) is 3. The van der Waals surface area contributed by atoms with Gasteiger partial charge in [0.15, 0.2) is 0 Å². The predicted molar refractivity (Wildman–Crippen MR) is 102 cm³/mol. The largest absolute Gasteiger partial charge is 0.469 e. The summed E-state index contributed by atoms with van der Waals surface area (Å²) in [6, 6.07) is 0. The van der Waals surface area contributed by atoms with Crippen LogP contribution >= 0.6 is 0 Å². The zero-order valence-electron chi connectivity index (χ0n) is 16.1. The molecule has 4 atom stereocenters. The van der Waals surface area contributed by atoms with Crippen molar-refractivity contribution >= 4 is 5.97 Å². The van der Waals surface area contributed by atoms with Crippen molar-refractivity contribution in [2.45, 2.75) is 83.7 Å². The Bertz CT molecular complexity index is 466. The molecular formula is C22H36O3. The number of unbranched alkanes of at least 4 members (excludes halogenated alkanes) is 5. The molecule has 0 bridgehead atoms. The standard InChI is InChI=1S/C22H36O3/c1-3-4-5-6-7-8-12-19-20-15-17(14-18(20)16-21(19)23)11-9-10-13-22(24)25-2/h8,12,14,18-21,23H,3-7,9-11,13,15-16H2,1-2H3/t18-,19+,20-,21+/m1/s1. The summed E-state index contributed by atoms with van der Waals surface area (Å²) in [5.41, 5.74) is 1.54. The molecule has 2 aliphatic rings. The first kappa shape index (κ1) is 20.2. The second-order valence-electron chi connectivity index (χ2n) is 7.80. The average Bonchev–Trinajstić information content (AvgIpc) is 3.11. The Balaban J connectivity index is 1.71. The van der Waals surface area contributed by atoms with E-state index in [1.165, 1.54) is 38.4 Å². The van der Waals surface area contributed by atoms with Crippen molar-refractivity contribution in [3.63, 3.8) is 0 Å². The van der Waals surface area contributed by atoms with Crippen molar-refractivity contribution in [3.8, 4) is 0 Å². The highest BCUT2D eigenvalue weighted by atomic mass is 16.5. The third-order valence-corrected chi connectivity index (χ3v) is 5.89. The topological polar surface area (TPSA) is 46.5 Å². The summed E-state index contributed by atoms with van der Waals surface area (Å²) < 4.78 is 4.69. The molecule has 0 radical (unpaired) electrons. The molecule has 2 aliphatic carbocycles. The van der Waals surface area contributed by atoms with E-state index in [1.807, 2.05) is 0 Å². The van der Waals surface area contributed by atoms with Crippen LogP contribution in [0.5, 0.6) is 0 Å². The fraction of sp³-hybridized carbons (Fsp3) is 0.773. The molecule has 0 heterocycles. The highest BCUT2D eigenvalue weighted by Crippen LogP contribution is 2.48. The van der Waals surface area contributed by atoms with Gasteiger partial charge in [-0.2, -0.15) is 0 Å². The molecule has 0 amide bonds. The number of aliphatic hydroxyl groups excluding tert-OH is 1. The van der Waals surface area contributed by atoms with Crippen molar-refractivity contribution in [3.05, 3.63) is 23.8 Å². The third kappa shape index (κ3) is 6.29. The maximum atomic E-state index is 11.2. The van der Waals surface area contributed by atoms with Crippen LogP contribution in [0.1, 0.15) is 77.6 Å². The van der Waals surface area contributed by atoms with Crippen LogP contribution in [0.25, 0.3) is 0 Å². The van der Waals surface area contributed by atoms with Crippen LogP contribution < -0.4 is 0 Å². The molecule has 142 valence electrons.